The Balaban J connectivity index is 2.63. The number of carbonyl (C=O) groups is 1. The van der Waals surface area contributed by atoms with Crippen LogP contribution in [0.15, 0.2) is 24.3 Å². The van der Waals surface area contributed by atoms with Gasteiger partial charge in [-0.1, -0.05) is 12.1 Å². The molecule has 0 N–H and O–H groups in total. The Kier molecular flexibility index (Phi) is 3.56. The molecule has 0 atom stereocenters. The van der Waals surface area contributed by atoms with E-state index in [1.165, 1.54) is 9.13 Å². The van der Waals surface area contributed by atoms with E-state index < -0.39 is 0 Å². The minimum absolute atomic E-state index is 0.625. The van der Waals surface area contributed by atoms with Gasteiger partial charge in [0.15, 0.2) is 0 Å². The predicted molar refractivity (Wildman–Crippen MR) is 53.5 cm³/mol. The lowest BCUT2D eigenvalue weighted by molar-refractivity contribution is -0.107. The summed E-state index contributed by atoms with van der Waals surface area (Å²) in [5.74, 6) is 0. The van der Waals surface area contributed by atoms with E-state index in [1.54, 1.807) is 0 Å². The topological polar surface area (TPSA) is 17.1 Å². The van der Waals surface area contributed by atoms with Gasteiger partial charge in [0.1, 0.15) is 6.29 Å². The van der Waals surface area contributed by atoms with Gasteiger partial charge in [-0.15, -0.1) is 0 Å². The maximum absolute atomic E-state index is 10.1. The summed E-state index contributed by atoms with van der Waals surface area (Å²) in [7, 11) is 0. The van der Waals surface area contributed by atoms with Crippen LogP contribution in [0.3, 0.4) is 0 Å². The lowest BCUT2D eigenvalue weighted by Crippen LogP contribution is -1.85. The molecule has 0 aliphatic carbocycles. The molecule has 2 heteroatoms. The van der Waals surface area contributed by atoms with Crippen molar-refractivity contribution in [1.82, 2.24) is 0 Å². The third kappa shape index (κ3) is 3.01. The maximum Gasteiger partial charge on any atom is 0.120 e. The molecule has 0 saturated heterocycles. The van der Waals surface area contributed by atoms with Crippen LogP contribution in [-0.4, -0.2) is 6.29 Å². The number of carbonyl (C=O) groups excluding carboxylic acids is 1. The Labute approximate surface area is 79.9 Å². The minimum Gasteiger partial charge on any atom is -0.303 e. The van der Waals surface area contributed by atoms with Crippen LogP contribution in [0.2, 0.25) is 0 Å². The Hall–Kier alpha value is -0.380. The molecule has 58 valence electrons. The van der Waals surface area contributed by atoms with Gasteiger partial charge in [-0.05, 0) is 46.7 Å². The SMILES string of the molecule is O=CCCc1cccc(I)c1. The second kappa shape index (κ2) is 4.49. The van der Waals surface area contributed by atoms with Gasteiger partial charge in [0.25, 0.3) is 0 Å². The maximum atomic E-state index is 10.1. The monoisotopic (exact) mass is 260 g/mol. The Morgan fingerprint density at radius 2 is 2.27 bits per heavy atom. The summed E-state index contributed by atoms with van der Waals surface area (Å²) in [6.45, 7) is 0. The molecule has 1 aromatic carbocycles. The number of rotatable bonds is 3. The molecule has 0 aliphatic rings. The highest BCUT2D eigenvalue weighted by atomic mass is 127. The lowest BCUT2D eigenvalue weighted by Gasteiger charge is -1.96. The first-order valence-corrected chi connectivity index (χ1v) is 4.59. The number of hydrogen-bond acceptors (Lipinski definition) is 1. The molecule has 1 nitrogen and oxygen atoms in total. The van der Waals surface area contributed by atoms with Crippen LogP contribution in [0, 0.1) is 3.57 Å². The summed E-state index contributed by atoms with van der Waals surface area (Å²) in [6, 6.07) is 8.21. The van der Waals surface area contributed by atoms with E-state index in [0.717, 1.165) is 12.7 Å². The number of aryl methyl sites for hydroxylation is 1. The fraction of sp³-hybridized carbons (Fsp3) is 0.222. The fourth-order valence-electron chi connectivity index (χ4n) is 0.918. The molecule has 0 unspecified atom stereocenters. The smallest absolute Gasteiger partial charge is 0.120 e. The molecule has 0 saturated carbocycles. The van der Waals surface area contributed by atoms with E-state index in [-0.39, 0.29) is 0 Å². The highest BCUT2D eigenvalue weighted by molar-refractivity contribution is 14.1. The summed E-state index contributed by atoms with van der Waals surface area (Å²) in [5.41, 5.74) is 1.24. The second-order valence-electron chi connectivity index (χ2n) is 2.34. The lowest BCUT2D eigenvalue weighted by atomic mass is 10.1. The number of halogens is 1. The first kappa shape index (κ1) is 8.71. The fourth-order valence-corrected chi connectivity index (χ4v) is 1.53. The molecule has 0 heterocycles. The van der Waals surface area contributed by atoms with Crippen molar-refractivity contribution in [1.29, 1.82) is 0 Å². The van der Waals surface area contributed by atoms with Gasteiger partial charge in [0.2, 0.25) is 0 Å². The average Bonchev–Trinajstić information content (AvgIpc) is 2.01. The van der Waals surface area contributed by atoms with Crippen LogP contribution in [0.25, 0.3) is 0 Å². The third-order valence-corrected chi connectivity index (χ3v) is 2.11. The van der Waals surface area contributed by atoms with Gasteiger partial charge in [-0.2, -0.15) is 0 Å². The van der Waals surface area contributed by atoms with E-state index >= 15 is 0 Å². The van der Waals surface area contributed by atoms with Gasteiger partial charge in [-0.25, -0.2) is 0 Å². The van der Waals surface area contributed by atoms with Crippen molar-refractivity contribution in [3.05, 3.63) is 33.4 Å². The molecule has 1 aromatic rings. The first-order chi connectivity index (χ1) is 5.33. The van der Waals surface area contributed by atoms with Crippen molar-refractivity contribution in [3.63, 3.8) is 0 Å². The van der Waals surface area contributed by atoms with Crippen molar-refractivity contribution >= 4 is 28.9 Å². The van der Waals surface area contributed by atoms with E-state index in [9.17, 15) is 4.79 Å². The van der Waals surface area contributed by atoms with E-state index in [1.807, 2.05) is 18.2 Å². The molecule has 0 bridgehead atoms. The number of benzene rings is 1. The van der Waals surface area contributed by atoms with Crippen LogP contribution in [0.1, 0.15) is 12.0 Å². The van der Waals surface area contributed by atoms with Crippen molar-refractivity contribution in [2.45, 2.75) is 12.8 Å². The third-order valence-electron chi connectivity index (χ3n) is 1.44. The summed E-state index contributed by atoms with van der Waals surface area (Å²) in [4.78, 5) is 10.1. The molecular weight excluding hydrogens is 251 g/mol. The minimum atomic E-state index is 0.625. The van der Waals surface area contributed by atoms with Gasteiger partial charge in [-0.3, -0.25) is 0 Å². The number of hydrogen-bond donors (Lipinski definition) is 0. The Morgan fingerprint density at radius 3 is 2.91 bits per heavy atom. The van der Waals surface area contributed by atoms with Gasteiger partial charge >= 0.3 is 0 Å². The summed E-state index contributed by atoms with van der Waals surface area (Å²) in [5, 5.41) is 0. The zero-order chi connectivity index (χ0) is 8.10. The molecular formula is C9H9IO. The molecule has 0 aliphatic heterocycles. The molecule has 0 spiro atoms. The molecule has 0 amide bonds. The number of aldehydes is 1. The summed E-state index contributed by atoms with van der Waals surface area (Å²) in [6.07, 6.45) is 2.44. The van der Waals surface area contributed by atoms with Crippen LogP contribution in [-0.2, 0) is 11.2 Å². The molecule has 1 rings (SSSR count). The largest absolute Gasteiger partial charge is 0.303 e. The van der Waals surface area contributed by atoms with E-state index in [2.05, 4.69) is 28.7 Å². The molecule has 0 fully saturated rings. The zero-order valence-electron chi connectivity index (χ0n) is 6.09. The molecule has 11 heavy (non-hydrogen) atoms. The molecule has 0 radical (unpaired) electrons. The average molecular weight is 260 g/mol. The van der Waals surface area contributed by atoms with Gasteiger partial charge < -0.3 is 4.79 Å². The quantitative estimate of drug-likeness (QED) is 0.602. The Morgan fingerprint density at radius 1 is 1.45 bits per heavy atom. The van der Waals surface area contributed by atoms with E-state index in [0.29, 0.717) is 6.42 Å². The van der Waals surface area contributed by atoms with Crippen molar-refractivity contribution in [2.75, 3.05) is 0 Å². The van der Waals surface area contributed by atoms with Crippen LogP contribution < -0.4 is 0 Å². The standard InChI is InChI=1S/C9H9IO/c10-9-5-1-3-8(7-9)4-2-6-11/h1,3,5-7H,2,4H2. The Bertz CT molecular complexity index is 245. The van der Waals surface area contributed by atoms with Crippen molar-refractivity contribution in [3.8, 4) is 0 Å². The highest BCUT2D eigenvalue weighted by Crippen LogP contribution is 2.08. The second-order valence-corrected chi connectivity index (χ2v) is 3.58. The first-order valence-electron chi connectivity index (χ1n) is 3.51. The normalized spacial score (nSPS) is 9.55. The molecule has 0 aromatic heterocycles. The van der Waals surface area contributed by atoms with Crippen LogP contribution >= 0.6 is 22.6 Å². The highest BCUT2D eigenvalue weighted by Gasteiger charge is 1.91. The summed E-state index contributed by atoms with van der Waals surface area (Å²) < 4.78 is 1.23. The van der Waals surface area contributed by atoms with Gasteiger partial charge in [0.05, 0.1) is 0 Å². The van der Waals surface area contributed by atoms with Crippen LogP contribution in [0.5, 0.6) is 0 Å². The van der Waals surface area contributed by atoms with E-state index in [4.69, 9.17) is 0 Å². The van der Waals surface area contributed by atoms with Crippen LogP contribution in [0.4, 0.5) is 0 Å². The predicted octanol–water partition coefficient (Wildman–Crippen LogP) is 2.42. The van der Waals surface area contributed by atoms with Crippen molar-refractivity contribution < 1.29 is 4.79 Å². The van der Waals surface area contributed by atoms with Crippen molar-refractivity contribution in [2.24, 2.45) is 0 Å². The summed E-state index contributed by atoms with van der Waals surface area (Å²) >= 11 is 2.27. The zero-order valence-corrected chi connectivity index (χ0v) is 8.24. The van der Waals surface area contributed by atoms with Gasteiger partial charge in [0, 0.05) is 9.99 Å².